The second-order valence-electron chi connectivity index (χ2n) is 4.38. The maximum Gasteiger partial charge on any atom is 0.255 e. The Bertz CT molecular complexity index is 610. The molecule has 2 rings (SSSR count). The van der Waals surface area contributed by atoms with Crippen LogP contribution in [-0.2, 0) is 13.5 Å². The van der Waals surface area contributed by atoms with Crippen LogP contribution in [0, 0.1) is 0 Å². The molecule has 20 heavy (non-hydrogen) atoms. The lowest BCUT2D eigenvalue weighted by molar-refractivity contribution is 0.0951. The van der Waals surface area contributed by atoms with E-state index in [9.17, 15) is 4.79 Å². The first kappa shape index (κ1) is 14.4. The van der Waals surface area contributed by atoms with Crippen LogP contribution in [0.3, 0.4) is 0 Å². The molecule has 1 N–H and O–H groups in total. The average Bonchev–Trinajstić information content (AvgIpc) is 2.84. The fraction of sp³-hybridized carbons (Fsp3) is 0.286. The predicted octanol–water partition coefficient (Wildman–Crippen LogP) is 2.05. The minimum atomic E-state index is -0.208. The zero-order chi connectivity index (χ0) is 14.5. The first-order valence-electron chi connectivity index (χ1n) is 6.18. The number of halogens is 1. The summed E-state index contributed by atoms with van der Waals surface area (Å²) in [6.07, 6.45) is 4.33. The fourth-order valence-electron chi connectivity index (χ4n) is 1.85. The van der Waals surface area contributed by atoms with Gasteiger partial charge in [-0.3, -0.25) is 4.79 Å². The molecule has 1 aromatic carbocycles. The summed E-state index contributed by atoms with van der Waals surface area (Å²) < 4.78 is 7.03. The molecule has 0 fully saturated rings. The lowest BCUT2D eigenvalue weighted by Crippen LogP contribution is -2.26. The number of ether oxygens (including phenoxy) is 1. The van der Waals surface area contributed by atoms with Crippen LogP contribution in [0.5, 0.6) is 5.75 Å². The van der Waals surface area contributed by atoms with E-state index < -0.39 is 0 Å². The molecule has 0 unspecified atom stereocenters. The average molecular weight is 294 g/mol. The molecule has 1 amide bonds. The molecule has 6 heteroatoms. The van der Waals surface area contributed by atoms with Gasteiger partial charge in [-0.05, 0) is 18.2 Å². The number of imidazole rings is 1. The van der Waals surface area contributed by atoms with Crippen molar-refractivity contribution >= 4 is 17.5 Å². The van der Waals surface area contributed by atoms with Gasteiger partial charge in [0.25, 0.3) is 5.91 Å². The van der Waals surface area contributed by atoms with Gasteiger partial charge >= 0.3 is 0 Å². The minimum Gasteiger partial charge on any atom is -0.496 e. The summed E-state index contributed by atoms with van der Waals surface area (Å²) in [6, 6.07) is 4.96. The standard InChI is InChI=1S/C14H16ClN3O2/c1-18-8-11(17-9-18)5-6-16-14(19)12-7-10(15)3-4-13(12)20-2/h3-4,7-9H,5-6H2,1-2H3,(H,16,19). The summed E-state index contributed by atoms with van der Waals surface area (Å²) in [5.74, 6) is 0.296. The summed E-state index contributed by atoms with van der Waals surface area (Å²) in [7, 11) is 3.43. The minimum absolute atomic E-state index is 0.208. The molecule has 1 aromatic heterocycles. The van der Waals surface area contributed by atoms with Gasteiger partial charge in [0.05, 0.1) is 24.7 Å². The monoisotopic (exact) mass is 293 g/mol. The molecule has 5 nitrogen and oxygen atoms in total. The molecule has 0 aliphatic heterocycles. The first-order chi connectivity index (χ1) is 9.60. The number of methoxy groups -OCH3 is 1. The van der Waals surface area contributed by atoms with Crippen molar-refractivity contribution in [2.24, 2.45) is 7.05 Å². The van der Waals surface area contributed by atoms with Crippen molar-refractivity contribution in [1.82, 2.24) is 14.9 Å². The third kappa shape index (κ3) is 3.51. The Morgan fingerprint density at radius 2 is 2.30 bits per heavy atom. The SMILES string of the molecule is COc1ccc(Cl)cc1C(=O)NCCc1cn(C)cn1. The van der Waals surface area contributed by atoms with E-state index in [4.69, 9.17) is 16.3 Å². The molecule has 106 valence electrons. The van der Waals surface area contributed by atoms with E-state index in [-0.39, 0.29) is 5.91 Å². The number of nitrogens with one attached hydrogen (secondary N) is 1. The van der Waals surface area contributed by atoms with Gasteiger partial charge in [-0.1, -0.05) is 11.6 Å². The maximum atomic E-state index is 12.1. The van der Waals surface area contributed by atoms with Crippen LogP contribution in [0.15, 0.2) is 30.7 Å². The quantitative estimate of drug-likeness (QED) is 0.918. The molecule has 0 radical (unpaired) electrons. The van der Waals surface area contributed by atoms with Gasteiger partial charge in [0.15, 0.2) is 0 Å². The number of rotatable bonds is 5. The van der Waals surface area contributed by atoms with Crippen molar-refractivity contribution < 1.29 is 9.53 Å². The van der Waals surface area contributed by atoms with Gasteiger partial charge in [-0.15, -0.1) is 0 Å². The Hall–Kier alpha value is -2.01. The van der Waals surface area contributed by atoms with E-state index in [0.717, 1.165) is 5.69 Å². The van der Waals surface area contributed by atoms with Gasteiger partial charge in [-0.2, -0.15) is 0 Å². The van der Waals surface area contributed by atoms with Crippen LogP contribution >= 0.6 is 11.6 Å². The molecular formula is C14H16ClN3O2. The summed E-state index contributed by atoms with van der Waals surface area (Å²) in [5, 5.41) is 3.33. The molecule has 0 saturated heterocycles. The number of hydrogen-bond acceptors (Lipinski definition) is 3. The van der Waals surface area contributed by atoms with Gasteiger partial charge < -0.3 is 14.6 Å². The Morgan fingerprint density at radius 1 is 1.50 bits per heavy atom. The molecule has 2 aromatic rings. The van der Waals surface area contributed by atoms with Crippen LogP contribution in [-0.4, -0.2) is 29.1 Å². The number of benzene rings is 1. The summed E-state index contributed by atoms with van der Waals surface area (Å²) >= 11 is 5.90. The summed E-state index contributed by atoms with van der Waals surface area (Å²) in [5.41, 5.74) is 1.37. The Kier molecular flexibility index (Phi) is 4.63. The number of carbonyl (C=O) groups is 1. The highest BCUT2D eigenvalue weighted by Crippen LogP contribution is 2.22. The van der Waals surface area contributed by atoms with E-state index >= 15 is 0 Å². The van der Waals surface area contributed by atoms with Crippen molar-refractivity contribution in [2.45, 2.75) is 6.42 Å². The van der Waals surface area contributed by atoms with E-state index in [1.807, 2.05) is 17.8 Å². The normalized spacial score (nSPS) is 10.3. The van der Waals surface area contributed by atoms with Crippen LogP contribution < -0.4 is 10.1 Å². The number of amides is 1. The lowest BCUT2D eigenvalue weighted by atomic mass is 10.2. The second-order valence-corrected chi connectivity index (χ2v) is 4.82. The largest absolute Gasteiger partial charge is 0.496 e. The highest BCUT2D eigenvalue weighted by atomic mass is 35.5. The Morgan fingerprint density at radius 3 is 2.95 bits per heavy atom. The molecule has 0 saturated carbocycles. The van der Waals surface area contributed by atoms with Crippen LogP contribution in [0.4, 0.5) is 0 Å². The van der Waals surface area contributed by atoms with E-state index in [0.29, 0.717) is 29.3 Å². The topological polar surface area (TPSA) is 56.1 Å². The molecule has 0 aliphatic rings. The molecular weight excluding hydrogens is 278 g/mol. The maximum absolute atomic E-state index is 12.1. The van der Waals surface area contributed by atoms with E-state index in [1.54, 1.807) is 24.5 Å². The number of aryl methyl sites for hydroxylation is 1. The molecule has 0 atom stereocenters. The summed E-state index contributed by atoms with van der Waals surface area (Å²) in [6.45, 7) is 0.505. The third-order valence-corrected chi connectivity index (χ3v) is 3.07. The zero-order valence-corrected chi connectivity index (χ0v) is 12.1. The van der Waals surface area contributed by atoms with Gasteiger partial charge in [0.2, 0.25) is 0 Å². The number of hydrogen-bond donors (Lipinski definition) is 1. The Balaban J connectivity index is 1.96. The van der Waals surface area contributed by atoms with Gasteiger partial charge in [-0.25, -0.2) is 4.98 Å². The highest BCUT2D eigenvalue weighted by Gasteiger charge is 2.12. The predicted molar refractivity (Wildman–Crippen MR) is 77.2 cm³/mol. The lowest BCUT2D eigenvalue weighted by Gasteiger charge is -2.09. The molecule has 0 bridgehead atoms. The fourth-order valence-corrected chi connectivity index (χ4v) is 2.03. The second kappa shape index (κ2) is 6.43. The van der Waals surface area contributed by atoms with Crippen molar-refractivity contribution in [2.75, 3.05) is 13.7 Å². The van der Waals surface area contributed by atoms with Crippen molar-refractivity contribution in [3.05, 3.63) is 47.0 Å². The molecule has 0 aliphatic carbocycles. The van der Waals surface area contributed by atoms with Crippen LogP contribution in [0.1, 0.15) is 16.1 Å². The van der Waals surface area contributed by atoms with Gasteiger partial charge in [0.1, 0.15) is 5.75 Å². The third-order valence-electron chi connectivity index (χ3n) is 2.83. The van der Waals surface area contributed by atoms with Crippen LogP contribution in [0.2, 0.25) is 5.02 Å². The Labute approximate surface area is 122 Å². The van der Waals surface area contributed by atoms with Crippen molar-refractivity contribution in [3.8, 4) is 5.75 Å². The van der Waals surface area contributed by atoms with E-state index in [2.05, 4.69) is 10.3 Å². The highest BCUT2D eigenvalue weighted by molar-refractivity contribution is 6.31. The summed E-state index contributed by atoms with van der Waals surface area (Å²) in [4.78, 5) is 16.3. The van der Waals surface area contributed by atoms with Crippen molar-refractivity contribution in [3.63, 3.8) is 0 Å². The number of carbonyl (C=O) groups excluding carboxylic acids is 1. The van der Waals surface area contributed by atoms with Crippen molar-refractivity contribution in [1.29, 1.82) is 0 Å². The first-order valence-corrected chi connectivity index (χ1v) is 6.56. The molecule has 0 spiro atoms. The number of aromatic nitrogens is 2. The zero-order valence-electron chi connectivity index (χ0n) is 11.4. The van der Waals surface area contributed by atoms with E-state index in [1.165, 1.54) is 7.11 Å². The molecule has 1 heterocycles. The number of nitrogens with zero attached hydrogens (tertiary/aromatic N) is 2. The van der Waals surface area contributed by atoms with Gasteiger partial charge in [0, 0.05) is 31.2 Å². The van der Waals surface area contributed by atoms with Crippen LogP contribution in [0.25, 0.3) is 0 Å². The smallest absolute Gasteiger partial charge is 0.255 e.